The van der Waals surface area contributed by atoms with Crippen LogP contribution in [-0.4, -0.2) is 25.1 Å². The summed E-state index contributed by atoms with van der Waals surface area (Å²) in [7, 11) is 2.98. The third kappa shape index (κ3) is 3.61. The standard InChI is InChI=1S/C18H15FN2O3S/c1-23-15-8-4-7-13(16(15)24-2)17(22)21-18-20-14(10-25-18)11-5-3-6-12(19)9-11/h3-10H,1-2H3,(H,20,21,22). The number of para-hydroxylation sites is 1. The first-order chi connectivity index (χ1) is 12.1. The van der Waals surface area contributed by atoms with E-state index in [-0.39, 0.29) is 11.7 Å². The molecule has 128 valence electrons. The van der Waals surface area contributed by atoms with Crippen LogP contribution < -0.4 is 14.8 Å². The number of amides is 1. The van der Waals surface area contributed by atoms with Gasteiger partial charge in [-0.15, -0.1) is 11.3 Å². The molecule has 0 aliphatic rings. The lowest BCUT2D eigenvalue weighted by Crippen LogP contribution is -2.13. The Morgan fingerprint density at radius 3 is 2.68 bits per heavy atom. The molecule has 2 aromatic carbocycles. The first-order valence-electron chi connectivity index (χ1n) is 7.36. The van der Waals surface area contributed by atoms with E-state index in [9.17, 15) is 9.18 Å². The van der Waals surface area contributed by atoms with E-state index in [1.807, 2.05) is 0 Å². The van der Waals surface area contributed by atoms with Crippen LogP contribution in [0.2, 0.25) is 0 Å². The summed E-state index contributed by atoms with van der Waals surface area (Å²) in [5, 5.41) is 4.90. The van der Waals surface area contributed by atoms with Gasteiger partial charge in [-0.05, 0) is 24.3 Å². The van der Waals surface area contributed by atoms with Gasteiger partial charge in [0.25, 0.3) is 5.91 Å². The Labute approximate surface area is 148 Å². The molecular formula is C18H15FN2O3S. The first-order valence-corrected chi connectivity index (χ1v) is 8.24. The van der Waals surface area contributed by atoms with Gasteiger partial charge >= 0.3 is 0 Å². The van der Waals surface area contributed by atoms with Crippen molar-refractivity contribution in [2.24, 2.45) is 0 Å². The van der Waals surface area contributed by atoms with E-state index >= 15 is 0 Å². The minimum Gasteiger partial charge on any atom is -0.493 e. The Bertz CT molecular complexity index is 911. The lowest BCUT2D eigenvalue weighted by molar-refractivity contribution is 0.102. The highest BCUT2D eigenvalue weighted by molar-refractivity contribution is 7.14. The normalized spacial score (nSPS) is 10.4. The molecule has 0 aliphatic heterocycles. The van der Waals surface area contributed by atoms with Crippen molar-refractivity contribution < 1.29 is 18.7 Å². The molecule has 0 bridgehead atoms. The number of hydrogen-bond donors (Lipinski definition) is 1. The predicted molar refractivity (Wildman–Crippen MR) is 95.0 cm³/mol. The summed E-state index contributed by atoms with van der Waals surface area (Å²) in [6.07, 6.45) is 0. The number of ether oxygens (including phenoxy) is 2. The molecule has 3 rings (SSSR count). The topological polar surface area (TPSA) is 60.5 Å². The second kappa shape index (κ2) is 7.31. The van der Waals surface area contributed by atoms with E-state index in [2.05, 4.69) is 10.3 Å². The molecule has 0 spiro atoms. The molecule has 5 nitrogen and oxygen atoms in total. The van der Waals surface area contributed by atoms with Gasteiger partial charge < -0.3 is 9.47 Å². The van der Waals surface area contributed by atoms with Crippen molar-refractivity contribution in [1.29, 1.82) is 0 Å². The minimum absolute atomic E-state index is 0.336. The SMILES string of the molecule is COc1cccc(C(=O)Nc2nc(-c3cccc(F)c3)cs2)c1OC. The fourth-order valence-corrected chi connectivity index (χ4v) is 3.06. The number of methoxy groups -OCH3 is 2. The lowest BCUT2D eigenvalue weighted by Gasteiger charge is -2.11. The average Bonchev–Trinajstić information content (AvgIpc) is 3.09. The van der Waals surface area contributed by atoms with Gasteiger partial charge in [0.2, 0.25) is 0 Å². The maximum Gasteiger partial charge on any atom is 0.261 e. The number of nitrogens with zero attached hydrogens (tertiary/aromatic N) is 1. The Kier molecular flexibility index (Phi) is 4.95. The number of anilines is 1. The molecule has 0 radical (unpaired) electrons. The third-order valence-electron chi connectivity index (χ3n) is 3.49. The number of carbonyl (C=O) groups excluding carboxylic acids is 1. The Balaban J connectivity index is 1.83. The summed E-state index contributed by atoms with van der Waals surface area (Å²) in [5.74, 6) is 0.118. The van der Waals surface area contributed by atoms with Crippen LogP contribution in [0.15, 0.2) is 47.8 Å². The summed E-state index contributed by atoms with van der Waals surface area (Å²) in [6.45, 7) is 0. The minimum atomic E-state index is -0.365. The van der Waals surface area contributed by atoms with Crippen LogP contribution in [-0.2, 0) is 0 Å². The van der Waals surface area contributed by atoms with E-state index in [0.717, 1.165) is 0 Å². The van der Waals surface area contributed by atoms with Crippen molar-refractivity contribution in [3.05, 3.63) is 59.2 Å². The molecule has 0 fully saturated rings. The molecule has 1 amide bonds. The number of aromatic nitrogens is 1. The molecule has 0 atom stereocenters. The molecule has 1 N–H and O–H groups in total. The van der Waals surface area contributed by atoms with Crippen LogP contribution in [0.25, 0.3) is 11.3 Å². The maximum absolute atomic E-state index is 13.3. The van der Waals surface area contributed by atoms with Gasteiger partial charge in [-0.2, -0.15) is 0 Å². The van der Waals surface area contributed by atoms with Gasteiger partial charge in [0.15, 0.2) is 16.6 Å². The fraction of sp³-hybridized carbons (Fsp3) is 0.111. The second-order valence-corrected chi connectivity index (χ2v) is 5.90. The molecule has 0 saturated carbocycles. The molecule has 0 saturated heterocycles. The van der Waals surface area contributed by atoms with Crippen molar-refractivity contribution in [3.8, 4) is 22.8 Å². The highest BCUT2D eigenvalue weighted by Gasteiger charge is 2.17. The van der Waals surface area contributed by atoms with Crippen LogP contribution in [0.5, 0.6) is 11.5 Å². The largest absolute Gasteiger partial charge is 0.493 e. The zero-order chi connectivity index (χ0) is 17.8. The summed E-state index contributed by atoms with van der Waals surface area (Å²) in [5.41, 5.74) is 1.58. The quantitative estimate of drug-likeness (QED) is 0.742. The van der Waals surface area contributed by atoms with Gasteiger partial charge in [0.1, 0.15) is 5.82 Å². The zero-order valence-electron chi connectivity index (χ0n) is 13.6. The van der Waals surface area contributed by atoms with Gasteiger partial charge in [-0.3, -0.25) is 10.1 Å². The van der Waals surface area contributed by atoms with Crippen LogP contribution >= 0.6 is 11.3 Å². The molecule has 1 aromatic heterocycles. The van der Waals surface area contributed by atoms with Crippen LogP contribution in [0.3, 0.4) is 0 Å². The van der Waals surface area contributed by atoms with Crippen LogP contribution in [0.1, 0.15) is 10.4 Å². The molecule has 0 unspecified atom stereocenters. The smallest absolute Gasteiger partial charge is 0.261 e. The van der Waals surface area contributed by atoms with E-state index in [1.165, 1.54) is 37.7 Å². The summed E-state index contributed by atoms with van der Waals surface area (Å²) < 4.78 is 23.8. The molecule has 25 heavy (non-hydrogen) atoms. The second-order valence-electron chi connectivity index (χ2n) is 5.04. The Morgan fingerprint density at radius 2 is 1.96 bits per heavy atom. The molecule has 7 heteroatoms. The molecular weight excluding hydrogens is 343 g/mol. The van der Waals surface area contributed by atoms with E-state index in [4.69, 9.17) is 9.47 Å². The number of benzene rings is 2. The van der Waals surface area contributed by atoms with Gasteiger partial charge in [0, 0.05) is 10.9 Å². The van der Waals surface area contributed by atoms with Gasteiger partial charge in [-0.25, -0.2) is 9.37 Å². The fourth-order valence-electron chi connectivity index (χ4n) is 2.34. The maximum atomic E-state index is 13.3. The first kappa shape index (κ1) is 16.9. The van der Waals surface area contributed by atoms with E-state index in [0.29, 0.717) is 33.5 Å². The van der Waals surface area contributed by atoms with E-state index in [1.54, 1.807) is 35.7 Å². The number of carbonyl (C=O) groups is 1. The highest BCUT2D eigenvalue weighted by Crippen LogP contribution is 2.32. The Morgan fingerprint density at radius 1 is 1.16 bits per heavy atom. The Hall–Kier alpha value is -2.93. The monoisotopic (exact) mass is 358 g/mol. The number of rotatable bonds is 5. The average molecular weight is 358 g/mol. The number of halogens is 1. The van der Waals surface area contributed by atoms with E-state index < -0.39 is 0 Å². The van der Waals surface area contributed by atoms with Crippen LogP contribution in [0, 0.1) is 5.82 Å². The molecule has 0 aliphatic carbocycles. The predicted octanol–water partition coefficient (Wildman–Crippen LogP) is 4.22. The number of hydrogen-bond acceptors (Lipinski definition) is 5. The van der Waals surface area contributed by atoms with Crippen molar-refractivity contribution in [3.63, 3.8) is 0 Å². The van der Waals surface area contributed by atoms with Crippen molar-refractivity contribution >= 4 is 22.4 Å². The van der Waals surface area contributed by atoms with Gasteiger partial charge in [-0.1, -0.05) is 18.2 Å². The summed E-state index contributed by atoms with van der Waals surface area (Å²) in [4.78, 5) is 16.9. The van der Waals surface area contributed by atoms with Gasteiger partial charge in [0.05, 0.1) is 25.5 Å². The lowest BCUT2D eigenvalue weighted by atomic mass is 10.1. The number of nitrogens with one attached hydrogen (secondary N) is 1. The third-order valence-corrected chi connectivity index (χ3v) is 4.25. The number of thiazole rings is 1. The molecule has 3 aromatic rings. The molecule has 1 heterocycles. The highest BCUT2D eigenvalue weighted by atomic mass is 32.1. The van der Waals surface area contributed by atoms with Crippen molar-refractivity contribution in [2.45, 2.75) is 0 Å². The van der Waals surface area contributed by atoms with Crippen LogP contribution in [0.4, 0.5) is 9.52 Å². The zero-order valence-corrected chi connectivity index (χ0v) is 14.4. The van der Waals surface area contributed by atoms with Crippen molar-refractivity contribution in [1.82, 2.24) is 4.98 Å². The summed E-state index contributed by atoms with van der Waals surface area (Å²) >= 11 is 1.26. The summed E-state index contributed by atoms with van der Waals surface area (Å²) in [6, 6.07) is 11.2. The van der Waals surface area contributed by atoms with Crippen molar-refractivity contribution in [2.75, 3.05) is 19.5 Å².